The summed E-state index contributed by atoms with van der Waals surface area (Å²) in [5.41, 5.74) is 0. The molecule has 0 aromatic carbocycles. The molecule has 4 heteroatoms. The van der Waals surface area contributed by atoms with Crippen molar-refractivity contribution in [1.29, 1.82) is 0 Å². The van der Waals surface area contributed by atoms with Crippen LogP contribution in [0, 0.1) is 5.92 Å². The lowest BCUT2D eigenvalue weighted by atomic mass is 10.1. The number of nitrogens with one attached hydrogen (secondary N) is 2. The van der Waals surface area contributed by atoms with Crippen molar-refractivity contribution in [2.75, 3.05) is 19.7 Å². The van der Waals surface area contributed by atoms with Crippen molar-refractivity contribution in [3.8, 4) is 0 Å². The molecule has 0 radical (unpaired) electrons. The van der Waals surface area contributed by atoms with Crippen LogP contribution in [0.25, 0.3) is 0 Å². The van der Waals surface area contributed by atoms with Gasteiger partial charge in [0.15, 0.2) is 0 Å². The zero-order valence-corrected chi connectivity index (χ0v) is 8.63. The Labute approximate surface area is 79.7 Å². The van der Waals surface area contributed by atoms with E-state index < -0.39 is 0 Å². The highest BCUT2D eigenvalue weighted by Gasteiger charge is 2.13. The van der Waals surface area contributed by atoms with Gasteiger partial charge in [0.05, 0.1) is 6.61 Å². The minimum absolute atomic E-state index is 0.0116. The Balaban J connectivity index is 3.68. The molecule has 0 aliphatic rings. The van der Waals surface area contributed by atoms with Crippen LogP contribution >= 0.6 is 0 Å². The third kappa shape index (κ3) is 5.60. The fourth-order valence-corrected chi connectivity index (χ4v) is 0.884. The van der Waals surface area contributed by atoms with E-state index in [1.54, 1.807) is 6.92 Å². The molecule has 0 aromatic rings. The van der Waals surface area contributed by atoms with Gasteiger partial charge in [-0.15, -0.1) is 0 Å². The molecule has 0 rings (SSSR count). The summed E-state index contributed by atoms with van der Waals surface area (Å²) in [7, 11) is 0. The number of carbonyl (C=O) groups excluding carboxylic acids is 1. The smallest absolute Gasteiger partial charge is 0.224 e. The van der Waals surface area contributed by atoms with Crippen LogP contribution in [0.3, 0.4) is 0 Å². The minimum atomic E-state index is -0.156. The molecular formula is C9H20N2O2. The first kappa shape index (κ1) is 12.4. The Hall–Kier alpha value is -0.610. The van der Waals surface area contributed by atoms with Gasteiger partial charge in [0, 0.05) is 18.5 Å². The van der Waals surface area contributed by atoms with Gasteiger partial charge < -0.3 is 15.7 Å². The first-order chi connectivity index (χ1) is 6.11. The van der Waals surface area contributed by atoms with E-state index in [1.807, 2.05) is 13.8 Å². The van der Waals surface area contributed by atoms with Gasteiger partial charge in [-0.3, -0.25) is 4.79 Å². The molecule has 0 saturated heterocycles. The molecule has 0 aliphatic heterocycles. The second-order valence-electron chi connectivity index (χ2n) is 3.30. The minimum Gasteiger partial charge on any atom is -0.394 e. The van der Waals surface area contributed by atoms with Crippen LogP contribution in [0.5, 0.6) is 0 Å². The Bertz CT molecular complexity index is 151. The lowest BCUT2D eigenvalue weighted by molar-refractivity contribution is -0.125. The van der Waals surface area contributed by atoms with Gasteiger partial charge in [-0.05, 0) is 13.5 Å². The highest BCUT2D eigenvalue weighted by Crippen LogP contribution is 1.93. The number of hydrogen-bond donors (Lipinski definition) is 3. The fraction of sp³-hybridized carbons (Fsp3) is 0.889. The lowest BCUT2D eigenvalue weighted by Crippen LogP contribution is -2.41. The molecule has 3 N–H and O–H groups in total. The lowest BCUT2D eigenvalue weighted by Gasteiger charge is -2.15. The van der Waals surface area contributed by atoms with E-state index in [4.69, 9.17) is 5.11 Å². The average Bonchev–Trinajstić information content (AvgIpc) is 2.13. The molecule has 78 valence electrons. The van der Waals surface area contributed by atoms with Crippen LogP contribution in [0.1, 0.15) is 20.8 Å². The summed E-state index contributed by atoms with van der Waals surface area (Å²) in [6, 6.07) is -0.156. The Morgan fingerprint density at radius 3 is 2.54 bits per heavy atom. The number of hydrogen-bond acceptors (Lipinski definition) is 3. The monoisotopic (exact) mass is 188 g/mol. The highest BCUT2D eigenvalue weighted by molar-refractivity contribution is 5.78. The molecule has 0 fully saturated rings. The van der Waals surface area contributed by atoms with Crippen molar-refractivity contribution in [3.63, 3.8) is 0 Å². The molecule has 1 amide bonds. The topological polar surface area (TPSA) is 61.4 Å². The Kier molecular flexibility index (Phi) is 6.54. The van der Waals surface area contributed by atoms with Gasteiger partial charge in [0.2, 0.25) is 5.91 Å². The predicted octanol–water partition coefficient (Wildman–Crippen LogP) is -0.271. The summed E-state index contributed by atoms with van der Waals surface area (Å²) in [5, 5.41) is 14.5. The summed E-state index contributed by atoms with van der Waals surface area (Å²) >= 11 is 0. The van der Waals surface area contributed by atoms with Crippen LogP contribution in [0.4, 0.5) is 0 Å². The number of aliphatic hydroxyl groups is 1. The molecular weight excluding hydrogens is 168 g/mol. The van der Waals surface area contributed by atoms with E-state index in [0.29, 0.717) is 6.54 Å². The molecule has 4 nitrogen and oxygen atoms in total. The van der Waals surface area contributed by atoms with E-state index in [2.05, 4.69) is 10.6 Å². The third-order valence-corrected chi connectivity index (χ3v) is 1.81. The molecule has 0 aliphatic carbocycles. The summed E-state index contributed by atoms with van der Waals surface area (Å²) in [5.74, 6) is -0.0588. The normalized spacial score (nSPS) is 15.1. The molecule has 2 atom stereocenters. The second kappa shape index (κ2) is 6.86. The Morgan fingerprint density at radius 2 is 2.08 bits per heavy atom. The zero-order valence-electron chi connectivity index (χ0n) is 8.63. The number of rotatable bonds is 6. The van der Waals surface area contributed by atoms with Crippen LogP contribution in [-0.4, -0.2) is 36.8 Å². The van der Waals surface area contributed by atoms with Gasteiger partial charge in [-0.2, -0.15) is 0 Å². The highest BCUT2D eigenvalue weighted by atomic mass is 16.3. The van der Waals surface area contributed by atoms with E-state index in [0.717, 1.165) is 6.54 Å². The molecule has 0 aromatic heterocycles. The molecule has 0 bridgehead atoms. The van der Waals surface area contributed by atoms with Crippen molar-refractivity contribution in [2.45, 2.75) is 26.8 Å². The second-order valence-corrected chi connectivity index (χ2v) is 3.30. The molecule has 0 spiro atoms. The van der Waals surface area contributed by atoms with Gasteiger partial charge in [-0.25, -0.2) is 0 Å². The number of aliphatic hydroxyl groups excluding tert-OH is 1. The van der Waals surface area contributed by atoms with Gasteiger partial charge in [-0.1, -0.05) is 13.8 Å². The van der Waals surface area contributed by atoms with Crippen LogP contribution in [0.15, 0.2) is 0 Å². The maximum Gasteiger partial charge on any atom is 0.224 e. The summed E-state index contributed by atoms with van der Waals surface area (Å²) < 4.78 is 0. The first-order valence-electron chi connectivity index (χ1n) is 4.73. The van der Waals surface area contributed by atoms with Crippen molar-refractivity contribution in [1.82, 2.24) is 10.6 Å². The van der Waals surface area contributed by atoms with Gasteiger partial charge >= 0.3 is 0 Å². The van der Waals surface area contributed by atoms with Crippen LogP contribution in [-0.2, 0) is 4.79 Å². The van der Waals surface area contributed by atoms with Crippen molar-refractivity contribution >= 4 is 5.91 Å². The summed E-state index contributed by atoms with van der Waals surface area (Å²) in [4.78, 5) is 11.4. The van der Waals surface area contributed by atoms with Crippen LogP contribution in [0.2, 0.25) is 0 Å². The first-order valence-corrected chi connectivity index (χ1v) is 4.73. The van der Waals surface area contributed by atoms with Gasteiger partial charge in [0.25, 0.3) is 0 Å². The fourth-order valence-electron chi connectivity index (χ4n) is 0.884. The van der Waals surface area contributed by atoms with E-state index in [9.17, 15) is 4.79 Å². The third-order valence-electron chi connectivity index (χ3n) is 1.81. The largest absolute Gasteiger partial charge is 0.394 e. The standard InChI is InChI=1S/C9H20N2O2/c1-4-10-5-7(2)9(13)11-8(3)6-12/h7-8,10,12H,4-6H2,1-3H3,(H,11,13). The van der Waals surface area contributed by atoms with Crippen molar-refractivity contribution in [3.05, 3.63) is 0 Å². The van der Waals surface area contributed by atoms with Crippen LogP contribution < -0.4 is 10.6 Å². The average molecular weight is 188 g/mol. The predicted molar refractivity (Wildman–Crippen MR) is 52.4 cm³/mol. The SMILES string of the molecule is CCNCC(C)C(=O)NC(C)CO. The van der Waals surface area contributed by atoms with E-state index in [1.165, 1.54) is 0 Å². The van der Waals surface area contributed by atoms with Gasteiger partial charge in [0.1, 0.15) is 0 Å². The molecule has 0 heterocycles. The maximum atomic E-state index is 11.4. The quantitative estimate of drug-likeness (QED) is 0.537. The number of carbonyl (C=O) groups is 1. The number of amides is 1. The van der Waals surface area contributed by atoms with Crippen molar-refractivity contribution < 1.29 is 9.90 Å². The van der Waals surface area contributed by atoms with Crippen molar-refractivity contribution in [2.24, 2.45) is 5.92 Å². The molecule has 2 unspecified atom stereocenters. The maximum absolute atomic E-state index is 11.4. The summed E-state index contributed by atoms with van der Waals surface area (Å²) in [6.45, 7) is 7.17. The summed E-state index contributed by atoms with van der Waals surface area (Å²) in [6.07, 6.45) is 0. The van der Waals surface area contributed by atoms with E-state index in [-0.39, 0.29) is 24.5 Å². The Morgan fingerprint density at radius 1 is 1.46 bits per heavy atom. The zero-order chi connectivity index (χ0) is 10.3. The van der Waals surface area contributed by atoms with E-state index >= 15 is 0 Å². The molecule has 13 heavy (non-hydrogen) atoms. The molecule has 0 saturated carbocycles.